The highest BCUT2D eigenvalue weighted by Gasteiger charge is 2.08. The van der Waals surface area contributed by atoms with Gasteiger partial charge >= 0.3 is 5.97 Å². The number of carbonyl (C=O) groups is 1. The van der Waals surface area contributed by atoms with Crippen LogP contribution in [0.5, 0.6) is 5.75 Å². The van der Waals surface area contributed by atoms with Gasteiger partial charge in [-0.3, -0.25) is 0 Å². The number of ether oxygens (including phenoxy) is 3. The first-order chi connectivity index (χ1) is 13.2. The minimum Gasteiger partial charge on any atom is -0.494 e. The second-order valence-corrected chi connectivity index (χ2v) is 7.07. The highest BCUT2D eigenvalue weighted by molar-refractivity contribution is 6.26. The molecule has 0 bridgehead atoms. The number of rotatable bonds is 15. The van der Waals surface area contributed by atoms with E-state index in [1.54, 1.807) is 13.2 Å². The van der Waals surface area contributed by atoms with Gasteiger partial charge in [0.1, 0.15) is 12.4 Å². The van der Waals surface area contributed by atoms with E-state index < -0.39 is 12.3 Å². The van der Waals surface area contributed by atoms with Gasteiger partial charge in [0.15, 0.2) is 0 Å². The molecule has 0 aliphatic carbocycles. The number of aliphatic hydroxyl groups excluding tert-OH is 1. The Kier molecular flexibility index (Phi) is 13.3. The molecule has 0 aromatic heterocycles. The Morgan fingerprint density at radius 2 is 1.96 bits per heavy atom. The van der Waals surface area contributed by atoms with Crippen molar-refractivity contribution in [3.63, 3.8) is 0 Å². The molecule has 0 spiro atoms. The maximum atomic E-state index is 11.7. The summed E-state index contributed by atoms with van der Waals surface area (Å²) >= 11 is 0. The van der Waals surface area contributed by atoms with Gasteiger partial charge < -0.3 is 23.7 Å². The van der Waals surface area contributed by atoms with Gasteiger partial charge in [0.05, 0.1) is 6.61 Å². The van der Waals surface area contributed by atoms with Crippen molar-refractivity contribution in [2.45, 2.75) is 44.9 Å². The van der Waals surface area contributed by atoms with Crippen molar-refractivity contribution >= 4 is 21.8 Å². The second-order valence-electron chi connectivity index (χ2n) is 5.88. The van der Waals surface area contributed by atoms with Gasteiger partial charge in [-0.15, -0.1) is 0 Å². The van der Waals surface area contributed by atoms with Crippen molar-refractivity contribution < 1.29 is 28.5 Å². The smallest absolute Gasteiger partial charge is 0.333 e. The van der Waals surface area contributed by atoms with Crippen molar-refractivity contribution in [3.8, 4) is 5.75 Å². The molecule has 1 atom stereocenters. The fourth-order valence-electron chi connectivity index (χ4n) is 2.12. The van der Waals surface area contributed by atoms with Crippen LogP contribution in [-0.2, 0) is 18.7 Å². The number of hydrogen-bond donors (Lipinski definition) is 1. The van der Waals surface area contributed by atoms with Gasteiger partial charge in [-0.1, -0.05) is 31.9 Å². The van der Waals surface area contributed by atoms with Crippen LogP contribution in [0.4, 0.5) is 0 Å². The molecule has 1 N–H and O–H groups in total. The molecule has 0 aliphatic rings. The number of esters is 1. The highest BCUT2D eigenvalue weighted by Crippen LogP contribution is 2.14. The molecule has 1 rings (SSSR count). The van der Waals surface area contributed by atoms with E-state index in [9.17, 15) is 9.90 Å². The summed E-state index contributed by atoms with van der Waals surface area (Å²) in [5.41, 5.74) is 0.845. The lowest BCUT2D eigenvalue weighted by atomic mass is 10.2. The van der Waals surface area contributed by atoms with Gasteiger partial charge in [-0.25, -0.2) is 4.79 Å². The van der Waals surface area contributed by atoms with Crippen LogP contribution in [0.15, 0.2) is 30.3 Å². The van der Waals surface area contributed by atoms with Crippen LogP contribution >= 0.6 is 0 Å². The number of unbranched alkanes of at least 4 members (excludes halogenated alkanes) is 2. The molecule has 0 amide bonds. The zero-order chi connectivity index (χ0) is 19.7. The van der Waals surface area contributed by atoms with E-state index >= 15 is 0 Å². The molecule has 7 heteroatoms. The fraction of sp³-hybridized carbons (Fsp3) is 0.550. The van der Waals surface area contributed by atoms with Crippen LogP contribution in [0.2, 0.25) is 6.04 Å². The molecule has 2 radical (unpaired) electrons. The Bertz CT molecular complexity index is 532. The molecule has 0 saturated heterocycles. The quantitative estimate of drug-likeness (QED) is 0.162. The summed E-state index contributed by atoms with van der Waals surface area (Å²) in [5, 5.41) is 9.64. The lowest BCUT2D eigenvalue weighted by molar-refractivity contribution is -0.171. The molecular formula is C20H30O6Si. The molecule has 0 aliphatic heterocycles. The molecule has 1 aromatic carbocycles. The number of hydrogen-bond acceptors (Lipinski definition) is 6. The Balaban J connectivity index is 2.23. The maximum Gasteiger partial charge on any atom is 0.333 e. The summed E-state index contributed by atoms with van der Waals surface area (Å²) < 4.78 is 20.7. The lowest BCUT2D eigenvalue weighted by Gasteiger charge is -2.11. The van der Waals surface area contributed by atoms with E-state index in [2.05, 4.69) is 6.92 Å². The minimum absolute atomic E-state index is 0.0419. The molecule has 0 heterocycles. The van der Waals surface area contributed by atoms with Crippen molar-refractivity contribution in [2.24, 2.45) is 0 Å². The predicted octanol–water partition coefficient (Wildman–Crippen LogP) is 3.22. The van der Waals surface area contributed by atoms with Crippen molar-refractivity contribution in [2.75, 3.05) is 26.9 Å². The summed E-state index contributed by atoms with van der Waals surface area (Å²) in [4.78, 5) is 11.7. The van der Waals surface area contributed by atoms with Gasteiger partial charge in [-0.05, 0) is 42.7 Å². The standard InChI is InChI=1S/C20H30O6Si/c1-3-4-5-14-25-18-10-7-17(8-11-18)9-12-19(21)26-20(22)16-24-13-6-15-27-23-2/h7-12,20,22H,3-6,13-16H2,1-2H3. The lowest BCUT2D eigenvalue weighted by Crippen LogP contribution is -2.22. The Labute approximate surface area is 164 Å². The third kappa shape index (κ3) is 12.4. The fourth-order valence-corrected chi connectivity index (χ4v) is 2.61. The van der Waals surface area contributed by atoms with Crippen LogP contribution in [-0.4, -0.2) is 54.1 Å². The van der Waals surface area contributed by atoms with Gasteiger partial charge in [0, 0.05) is 19.8 Å². The predicted molar refractivity (Wildman–Crippen MR) is 106 cm³/mol. The van der Waals surface area contributed by atoms with E-state index in [0.29, 0.717) is 23.0 Å². The summed E-state index contributed by atoms with van der Waals surface area (Å²) in [6.45, 7) is 3.32. The first-order valence-electron chi connectivity index (χ1n) is 9.29. The Hall–Kier alpha value is -1.67. The van der Waals surface area contributed by atoms with E-state index in [-0.39, 0.29) is 6.61 Å². The molecule has 0 fully saturated rings. The summed E-state index contributed by atoms with van der Waals surface area (Å²) in [7, 11) is 2.12. The number of benzene rings is 1. The maximum absolute atomic E-state index is 11.7. The molecule has 6 nitrogen and oxygen atoms in total. The summed E-state index contributed by atoms with van der Waals surface area (Å²) in [6, 6.07) is 8.36. The van der Waals surface area contributed by atoms with Crippen LogP contribution in [0, 0.1) is 0 Å². The Morgan fingerprint density at radius 1 is 1.19 bits per heavy atom. The number of carbonyl (C=O) groups excluding carboxylic acids is 1. The van der Waals surface area contributed by atoms with Crippen molar-refractivity contribution in [3.05, 3.63) is 35.9 Å². The first-order valence-corrected chi connectivity index (χ1v) is 10.4. The largest absolute Gasteiger partial charge is 0.494 e. The van der Waals surface area contributed by atoms with Crippen LogP contribution in [0.3, 0.4) is 0 Å². The summed E-state index contributed by atoms with van der Waals surface area (Å²) in [5.74, 6) is 0.191. The van der Waals surface area contributed by atoms with Crippen molar-refractivity contribution in [1.29, 1.82) is 0 Å². The molecule has 0 saturated carbocycles. The third-order valence-electron chi connectivity index (χ3n) is 3.53. The van der Waals surface area contributed by atoms with Crippen LogP contribution < -0.4 is 4.74 Å². The van der Waals surface area contributed by atoms with E-state index in [1.807, 2.05) is 24.3 Å². The van der Waals surface area contributed by atoms with E-state index in [4.69, 9.17) is 18.6 Å². The van der Waals surface area contributed by atoms with Crippen molar-refractivity contribution in [1.82, 2.24) is 0 Å². The zero-order valence-corrected chi connectivity index (χ0v) is 17.2. The third-order valence-corrected chi connectivity index (χ3v) is 4.38. The summed E-state index contributed by atoms with van der Waals surface area (Å²) in [6.07, 6.45) is 5.84. The normalized spacial score (nSPS) is 12.3. The van der Waals surface area contributed by atoms with E-state index in [1.165, 1.54) is 12.5 Å². The van der Waals surface area contributed by atoms with Gasteiger partial charge in [-0.2, -0.15) is 0 Å². The first kappa shape index (κ1) is 23.4. The SMILES string of the molecule is CCCCCOc1ccc(C=CC(=O)OC(O)COCCC[Si]OC)cc1. The molecule has 1 unspecified atom stereocenters. The molecule has 27 heavy (non-hydrogen) atoms. The average Bonchev–Trinajstić information content (AvgIpc) is 2.67. The molecule has 150 valence electrons. The van der Waals surface area contributed by atoms with E-state index in [0.717, 1.165) is 36.6 Å². The molecular weight excluding hydrogens is 364 g/mol. The van der Waals surface area contributed by atoms with Crippen LogP contribution in [0.1, 0.15) is 38.2 Å². The number of aliphatic hydroxyl groups is 1. The second kappa shape index (κ2) is 15.4. The monoisotopic (exact) mass is 394 g/mol. The Morgan fingerprint density at radius 3 is 2.67 bits per heavy atom. The zero-order valence-electron chi connectivity index (χ0n) is 16.2. The topological polar surface area (TPSA) is 74.2 Å². The van der Waals surface area contributed by atoms with Gasteiger partial charge in [0.2, 0.25) is 16.1 Å². The van der Waals surface area contributed by atoms with Gasteiger partial charge in [0.25, 0.3) is 0 Å². The minimum atomic E-state index is -1.27. The van der Waals surface area contributed by atoms with Crippen LogP contribution in [0.25, 0.3) is 6.08 Å². The highest BCUT2D eigenvalue weighted by atomic mass is 28.2. The molecule has 1 aromatic rings. The average molecular weight is 395 g/mol.